The predicted octanol–water partition coefficient (Wildman–Crippen LogP) is 6.43. The lowest BCUT2D eigenvalue weighted by Gasteiger charge is -2.14. The highest BCUT2D eigenvalue weighted by molar-refractivity contribution is 6.42. The van der Waals surface area contributed by atoms with Crippen LogP contribution in [0.5, 0.6) is 0 Å². The molecule has 3 aromatic rings. The molecule has 0 aliphatic rings. The van der Waals surface area contributed by atoms with Gasteiger partial charge >= 0.3 is 6.18 Å². The Labute approximate surface area is 183 Å². The molecule has 0 aliphatic carbocycles. The third kappa shape index (κ3) is 4.80. The molecule has 3 rings (SSSR count). The highest BCUT2D eigenvalue weighted by Gasteiger charge is 2.40. The van der Waals surface area contributed by atoms with Crippen LogP contribution in [0.3, 0.4) is 0 Å². The Hall–Kier alpha value is -1.93. The third-order valence-corrected chi connectivity index (χ3v) is 5.15. The van der Waals surface area contributed by atoms with Gasteiger partial charge in [0.25, 0.3) is 5.91 Å². The Morgan fingerprint density at radius 1 is 1.00 bits per heavy atom. The summed E-state index contributed by atoms with van der Waals surface area (Å²) in [5, 5.41) is 6.86. The maximum absolute atomic E-state index is 13.7. The lowest BCUT2D eigenvalue weighted by Crippen LogP contribution is -2.26. The van der Waals surface area contributed by atoms with Gasteiger partial charge in [0.1, 0.15) is 0 Å². The first-order valence-electron chi connectivity index (χ1n) is 7.90. The minimum atomic E-state index is -4.88. The molecular formula is C18H10Cl4F3N3O. The van der Waals surface area contributed by atoms with Gasteiger partial charge in [-0.1, -0.05) is 52.5 Å². The standard InChI is InChI=1S/C18H10Cl4F3N3O/c19-10-2-4-13(21)15(6-10)28-16(18(23,24)25)11(8-27-28)17(29)26-7-9-1-3-12(20)14(22)5-9/h1-6,8H,7H2,(H,26,29). The topological polar surface area (TPSA) is 46.9 Å². The van der Waals surface area contributed by atoms with Crippen molar-refractivity contribution in [2.45, 2.75) is 12.7 Å². The summed E-state index contributed by atoms with van der Waals surface area (Å²) in [7, 11) is 0. The van der Waals surface area contributed by atoms with Crippen LogP contribution in [0.2, 0.25) is 20.1 Å². The summed E-state index contributed by atoms with van der Waals surface area (Å²) in [5.41, 5.74) is -1.47. The number of carbonyl (C=O) groups is 1. The average Bonchev–Trinajstić information content (AvgIpc) is 3.10. The van der Waals surface area contributed by atoms with Crippen LogP contribution in [-0.2, 0) is 12.7 Å². The van der Waals surface area contributed by atoms with Crippen LogP contribution in [0, 0.1) is 0 Å². The van der Waals surface area contributed by atoms with Crippen molar-refractivity contribution in [1.29, 1.82) is 0 Å². The summed E-state index contributed by atoms with van der Waals surface area (Å²) < 4.78 is 41.7. The molecule has 4 nitrogen and oxygen atoms in total. The molecule has 29 heavy (non-hydrogen) atoms. The van der Waals surface area contributed by atoms with Crippen LogP contribution in [0.4, 0.5) is 13.2 Å². The predicted molar refractivity (Wildman–Crippen MR) is 106 cm³/mol. The number of halogens is 7. The second-order valence-electron chi connectivity index (χ2n) is 5.84. The largest absolute Gasteiger partial charge is 0.434 e. The number of nitrogens with zero attached hydrogens (tertiary/aromatic N) is 2. The van der Waals surface area contributed by atoms with E-state index in [1.807, 2.05) is 0 Å². The van der Waals surface area contributed by atoms with Crippen molar-refractivity contribution < 1.29 is 18.0 Å². The van der Waals surface area contributed by atoms with Crippen molar-refractivity contribution >= 4 is 52.3 Å². The van der Waals surface area contributed by atoms with E-state index >= 15 is 0 Å². The van der Waals surface area contributed by atoms with Crippen molar-refractivity contribution in [2.24, 2.45) is 0 Å². The van der Waals surface area contributed by atoms with Gasteiger partial charge in [-0.3, -0.25) is 4.79 Å². The number of amides is 1. The lowest BCUT2D eigenvalue weighted by atomic mass is 10.2. The van der Waals surface area contributed by atoms with E-state index in [1.165, 1.54) is 30.3 Å². The van der Waals surface area contributed by atoms with Gasteiger partial charge < -0.3 is 5.32 Å². The molecule has 0 spiro atoms. The monoisotopic (exact) mass is 481 g/mol. The van der Waals surface area contributed by atoms with E-state index in [0.29, 0.717) is 15.3 Å². The van der Waals surface area contributed by atoms with Gasteiger partial charge in [0, 0.05) is 11.6 Å². The molecule has 1 N–H and O–H groups in total. The summed E-state index contributed by atoms with van der Waals surface area (Å²) in [6.07, 6.45) is -4.05. The molecule has 152 valence electrons. The molecule has 0 fully saturated rings. The molecule has 0 atom stereocenters. The van der Waals surface area contributed by atoms with E-state index in [9.17, 15) is 18.0 Å². The highest BCUT2D eigenvalue weighted by atomic mass is 35.5. The number of rotatable bonds is 4. The SMILES string of the molecule is O=C(NCc1ccc(Cl)c(Cl)c1)c1cnn(-c2cc(Cl)ccc2Cl)c1C(F)(F)F. The molecule has 11 heteroatoms. The minimum absolute atomic E-state index is 0.00855. The van der Waals surface area contributed by atoms with E-state index in [2.05, 4.69) is 10.4 Å². The molecule has 1 heterocycles. The molecule has 0 aliphatic heterocycles. The average molecular weight is 483 g/mol. The first-order chi connectivity index (χ1) is 13.6. The van der Waals surface area contributed by atoms with Gasteiger partial charge in [-0.05, 0) is 35.9 Å². The fraction of sp³-hybridized carbons (Fsp3) is 0.111. The third-order valence-electron chi connectivity index (χ3n) is 3.86. The van der Waals surface area contributed by atoms with Crippen LogP contribution >= 0.6 is 46.4 Å². The number of benzene rings is 2. The van der Waals surface area contributed by atoms with Crippen molar-refractivity contribution in [1.82, 2.24) is 15.1 Å². The van der Waals surface area contributed by atoms with E-state index in [-0.39, 0.29) is 27.3 Å². The van der Waals surface area contributed by atoms with Crippen LogP contribution in [-0.4, -0.2) is 15.7 Å². The molecule has 0 saturated carbocycles. The van der Waals surface area contributed by atoms with Gasteiger partial charge in [-0.2, -0.15) is 18.3 Å². The zero-order valence-electron chi connectivity index (χ0n) is 14.2. The van der Waals surface area contributed by atoms with Crippen molar-refractivity contribution in [3.63, 3.8) is 0 Å². The van der Waals surface area contributed by atoms with Crippen LogP contribution in [0.25, 0.3) is 5.69 Å². The van der Waals surface area contributed by atoms with Crippen molar-refractivity contribution in [3.05, 3.63) is 79.5 Å². The summed E-state index contributed by atoms with van der Waals surface area (Å²) in [4.78, 5) is 12.5. The summed E-state index contributed by atoms with van der Waals surface area (Å²) in [6, 6.07) is 8.60. The zero-order chi connectivity index (χ0) is 21.3. The molecule has 0 bridgehead atoms. The number of carbonyl (C=O) groups excluding carboxylic acids is 1. The normalized spacial score (nSPS) is 11.6. The van der Waals surface area contributed by atoms with Gasteiger partial charge in [-0.15, -0.1) is 0 Å². The molecule has 0 radical (unpaired) electrons. The van der Waals surface area contributed by atoms with E-state index < -0.39 is 23.3 Å². The van der Waals surface area contributed by atoms with E-state index in [4.69, 9.17) is 46.4 Å². The Bertz CT molecular complexity index is 1080. The Balaban J connectivity index is 1.95. The highest BCUT2D eigenvalue weighted by Crippen LogP contribution is 2.36. The maximum Gasteiger partial charge on any atom is 0.434 e. The summed E-state index contributed by atoms with van der Waals surface area (Å²) >= 11 is 23.6. The number of aromatic nitrogens is 2. The first-order valence-corrected chi connectivity index (χ1v) is 9.42. The smallest absolute Gasteiger partial charge is 0.348 e. The van der Waals surface area contributed by atoms with Crippen molar-refractivity contribution in [3.8, 4) is 5.69 Å². The summed E-state index contributed by atoms with van der Waals surface area (Å²) in [6.45, 7) is -0.0594. The van der Waals surface area contributed by atoms with Crippen molar-refractivity contribution in [2.75, 3.05) is 0 Å². The fourth-order valence-electron chi connectivity index (χ4n) is 2.55. The van der Waals surface area contributed by atoms with E-state index in [1.54, 1.807) is 6.07 Å². The molecule has 0 unspecified atom stereocenters. The maximum atomic E-state index is 13.7. The van der Waals surface area contributed by atoms with Gasteiger partial charge in [0.05, 0.1) is 32.5 Å². The van der Waals surface area contributed by atoms with Crippen LogP contribution in [0.15, 0.2) is 42.6 Å². The number of hydrogen-bond acceptors (Lipinski definition) is 2. The number of hydrogen-bond donors (Lipinski definition) is 1. The lowest BCUT2D eigenvalue weighted by molar-refractivity contribution is -0.143. The van der Waals surface area contributed by atoms with E-state index in [0.717, 1.165) is 6.20 Å². The Morgan fingerprint density at radius 2 is 1.69 bits per heavy atom. The molecule has 2 aromatic carbocycles. The quantitative estimate of drug-likeness (QED) is 0.465. The summed E-state index contributed by atoms with van der Waals surface area (Å²) in [5.74, 6) is -0.965. The van der Waals surface area contributed by atoms with Crippen LogP contribution < -0.4 is 5.32 Å². The molecule has 0 saturated heterocycles. The van der Waals surface area contributed by atoms with Gasteiger partial charge in [0.15, 0.2) is 5.69 Å². The minimum Gasteiger partial charge on any atom is -0.348 e. The molecular weight excluding hydrogens is 473 g/mol. The number of alkyl halides is 3. The Morgan fingerprint density at radius 3 is 2.34 bits per heavy atom. The first kappa shape index (κ1) is 21.8. The molecule has 1 amide bonds. The second-order valence-corrected chi connectivity index (χ2v) is 7.50. The Kier molecular flexibility index (Phi) is 6.33. The fourth-order valence-corrected chi connectivity index (χ4v) is 3.23. The second kappa shape index (κ2) is 8.44. The zero-order valence-corrected chi connectivity index (χ0v) is 17.2. The number of nitrogens with one attached hydrogen (secondary N) is 1. The van der Waals surface area contributed by atoms with Gasteiger partial charge in [0.2, 0.25) is 0 Å². The molecule has 1 aromatic heterocycles. The van der Waals surface area contributed by atoms with Gasteiger partial charge in [-0.25, -0.2) is 4.68 Å². The van der Waals surface area contributed by atoms with Crippen LogP contribution in [0.1, 0.15) is 21.6 Å².